The quantitative estimate of drug-likeness (QED) is 0.543. The highest BCUT2D eigenvalue weighted by Crippen LogP contribution is 2.08. The van der Waals surface area contributed by atoms with Crippen molar-refractivity contribution in [2.45, 2.75) is 0 Å². The Morgan fingerprint density at radius 3 is 2.69 bits per heavy atom. The van der Waals surface area contributed by atoms with Gasteiger partial charge in [-0.1, -0.05) is 18.2 Å². The summed E-state index contributed by atoms with van der Waals surface area (Å²) >= 11 is 1.44. The molecule has 1 aromatic heterocycles. The highest BCUT2D eigenvalue weighted by atomic mass is 32.1. The number of hydrogen-bond acceptors (Lipinski definition) is 2. The fourth-order valence-corrected chi connectivity index (χ4v) is 1.75. The molecular weight excluding hydrogens is 223 g/mol. The molecule has 0 amide bonds. The third kappa shape index (κ3) is 2.36. The van der Waals surface area contributed by atoms with Gasteiger partial charge in [-0.05, 0) is 35.4 Å². The summed E-state index contributed by atoms with van der Waals surface area (Å²) in [6.45, 7) is 0. The van der Waals surface area contributed by atoms with Gasteiger partial charge < -0.3 is 0 Å². The molecule has 0 unspecified atom stereocenters. The van der Waals surface area contributed by atoms with Gasteiger partial charge in [-0.2, -0.15) is 0 Å². The molecule has 16 heavy (non-hydrogen) atoms. The number of benzene rings is 1. The molecule has 3 heteroatoms. The van der Waals surface area contributed by atoms with E-state index in [2.05, 4.69) is 11.8 Å². The van der Waals surface area contributed by atoms with Crippen molar-refractivity contribution in [3.63, 3.8) is 0 Å². The normalized spacial score (nSPS) is 9.31. The van der Waals surface area contributed by atoms with Crippen molar-refractivity contribution in [1.82, 2.24) is 0 Å². The molecule has 78 valence electrons. The lowest BCUT2D eigenvalue weighted by Gasteiger charge is -1.94. The Hall–Kier alpha value is -1.92. The molecule has 0 bridgehead atoms. The van der Waals surface area contributed by atoms with Crippen LogP contribution in [0.1, 0.15) is 15.2 Å². The van der Waals surface area contributed by atoms with Gasteiger partial charge in [0.15, 0.2) is 0 Å². The monoisotopic (exact) mass is 230 g/mol. The van der Waals surface area contributed by atoms with E-state index in [1.54, 1.807) is 12.1 Å². The smallest absolute Gasteiger partial charge is 0.239 e. The second kappa shape index (κ2) is 4.73. The van der Waals surface area contributed by atoms with E-state index in [9.17, 15) is 9.18 Å². The molecule has 0 aliphatic carbocycles. The predicted octanol–water partition coefficient (Wildman–Crippen LogP) is 3.12. The summed E-state index contributed by atoms with van der Waals surface area (Å²) in [6, 6.07) is 9.50. The van der Waals surface area contributed by atoms with Crippen molar-refractivity contribution < 1.29 is 9.18 Å². The Bertz CT molecular complexity index is 561. The molecule has 0 saturated heterocycles. The summed E-state index contributed by atoms with van der Waals surface area (Å²) < 4.78 is 13.2. The van der Waals surface area contributed by atoms with E-state index in [-0.39, 0.29) is 5.56 Å². The van der Waals surface area contributed by atoms with Crippen molar-refractivity contribution in [3.8, 4) is 11.8 Å². The van der Waals surface area contributed by atoms with Crippen LogP contribution in [0.25, 0.3) is 0 Å². The summed E-state index contributed by atoms with van der Waals surface area (Å²) in [7, 11) is 0. The van der Waals surface area contributed by atoms with E-state index in [4.69, 9.17) is 0 Å². The average molecular weight is 230 g/mol. The van der Waals surface area contributed by atoms with Crippen molar-refractivity contribution in [1.29, 1.82) is 0 Å². The van der Waals surface area contributed by atoms with E-state index >= 15 is 0 Å². The van der Waals surface area contributed by atoms with Crippen LogP contribution in [0.15, 0.2) is 41.8 Å². The fraction of sp³-hybridized carbons (Fsp3) is 0. The van der Waals surface area contributed by atoms with Gasteiger partial charge >= 0.3 is 0 Å². The molecule has 0 atom stereocenters. The number of thiophene rings is 1. The third-order valence-electron chi connectivity index (χ3n) is 1.94. The lowest BCUT2D eigenvalue weighted by atomic mass is 10.1. The Morgan fingerprint density at radius 2 is 2.00 bits per heavy atom. The minimum atomic E-state index is -0.534. The summed E-state index contributed by atoms with van der Waals surface area (Å²) in [5.74, 6) is 4.10. The first-order valence-corrected chi connectivity index (χ1v) is 5.50. The number of Topliss-reactive ketones (excluding diaryl/α,β-unsaturated/α-hetero) is 1. The molecule has 0 radical (unpaired) electrons. The van der Waals surface area contributed by atoms with Crippen molar-refractivity contribution in [2.24, 2.45) is 0 Å². The van der Waals surface area contributed by atoms with Crippen LogP contribution in [0.5, 0.6) is 0 Å². The zero-order chi connectivity index (χ0) is 11.4. The van der Waals surface area contributed by atoms with Gasteiger partial charge in [0.25, 0.3) is 0 Å². The molecule has 1 aromatic carbocycles. The lowest BCUT2D eigenvalue weighted by molar-refractivity contribution is 0.105. The number of carbonyl (C=O) groups excluding carboxylic acids is 1. The number of ketones is 1. The van der Waals surface area contributed by atoms with Crippen LogP contribution < -0.4 is 0 Å². The fourth-order valence-electron chi connectivity index (χ4n) is 1.18. The van der Waals surface area contributed by atoms with E-state index < -0.39 is 11.6 Å². The maximum absolute atomic E-state index is 13.2. The minimum absolute atomic E-state index is 0.0200. The Labute approximate surface area is 96.5 Å². The van der Waals surface area contributed by atoms with Crippen LogP contribution in [0.4, 0.5) is 4.39 Å². The van der Waals surface area contributed by atoms with E-state index in [0.29, 0.717) is 0 Å². The molecule has 2 rings (SSSR count). The predicted molar refractivity (Wildman–Crippen MR) is 61.9 cm³/mol. The molecule has 0 saturated carbocycles. The van der Waals surface area contributed by atoms with E-state index in [1.807, 2.05) is 17.5 Å². The van der Waals surface area contributed by atoms with Crippen LogP contribution in [0, 0.1) is 17.7 Å². The maximum Gasteiger partial charge on any atom is 0.239 e. The van der Waals surface area contributed by atoms with E-state index in [0.717, 1.165) is 4.88 Å². The third-order valence-corrected chi connectivity index (χ3v) is 2.72. The summed E-state index contributed by atoms with van der Waals surface area (Å²) in [4.78, 5) is 12.3. The van der Waals surface area contributed by atoms with Gasteiger partial charge in [0, 0.05) is 0 Å². The molecule has 0 aliphatic rings. The van der Waals surface area contributed by atoms with Crippen molar-refractivity contribution in [3.05, 3.63) is 58.0 Å². The maximum atomic E-state index is 13.2. The van der Waals surface area contributed by atoms with Crippen molar-refractivity contribution in [2.75, 3.05) is 0 Å². The average Bonchev–Trinajstić information content (AvgIpc) is 2.79. The van der Waals surface area contributed by atoms with Crippen LogP contribution in [0.3, 0.4) is 0 Å². The zero-order valence-electron chi connectivity index (χ0n) is 8.24. The highest BCUT2D eigenvalue weighted by Gasteiger charge is 2.07. The summed E-state index contributed by atoms with van der Waals surface area (Å²) in [5, 5.41) is 1.87. The Morgan fingerprint density at radius 1 is 1.19 bits per heavy atom. The Kier molecular flexibility index (Phi) is 3.13. The largest absolute Gasteiger partial charge is 0.279 e. The van der Waals surface area contributed by atoms with Gasteiger partial charge in [-0.15, -0.1) is 11.3 Å². The number of carbonyl (C=O) groups is 1. The van der Waals surface area contributed by atoms with Gasteiger partial charge in [-0.3, -0.25) is 4.79 Å². The summed E-state index contributed by atoms with van der Waals surface area (Å²) in [5.41, 5.74) is 0.0200. The van der Waals surface area contributed by atoms with Crippen molar-refractivity contribution >= 4 is 17.1 Å². The molecule has 1 heterocycles. The van der Waals surface area contributed by atoms with Gasteiger partial charge in [0.2, 0.25) is 5.78 Å². The first-order chi connectivity index (χ1) is 7.77. The lowest BCUT2D eigenvalue weighted by Crippen LogP contribution is -1.98. The van der Waals surface area contributed by atoms with Crippen LogP contribution in [-0.2, 0) is 0 Å². The topological polar surface area (TPSA) is 17.1 Å². The molecule has 0 fully saturated rings. The van der Waals surface area contributed by atoms with Gasteiger partial charge in [0.05, 0.1) is 10.4 Å². The molecule has 0 N–H and O–H groups in total. The SMILES string of the molecule is O=C(C#Cc1cccs1)c1ccccc1F. The highest BCUT2D eigenvalue weighted by molar-refractivity contribution is 7.10. The molecule has 2 aromatic rings. The molecule has 0 aliphatic heterocycles. The summed E-state index contributed by atoms with van der Waals surface area (Å²) in [6.07, 6.45) is 0. The number of hydrogen-bond donors (Lipinski definition) is 0. The second-order valence-electron chi connectivity index (χ2n) is 3.04. The first-order valence-electron chi connectivity index (χ1n) is 4.62. The molecule has 0 spiro atoms. The van der Waals surface area contributed by atoms with E-state index in [1.165, 1.54) is 23.5 Å². The van der Waals surface area contributed by atoms with Crippen LogP contribution in [0.2, 0.25) is 0 Å². The standard InChI is InChI=1S/C13H7FOS/c14-12-6-2-1-5-11(12)13(15)8-7-10-4-3-9-16-10/h1-6,9H. The zero-order valence-corrected chi connectivity index (χ0v) is 9.05. The number of halogens is 1. The van der Waals surface area contributed by atoms with Gasteiger partial charge in [-0.25, -0.2) is 4.39 Å². The van der Waals surface area contributed by atoms with Crippen LogP contribution in [-0.4, -0.2) is 5.78 Å². The second-order valence-corrected chi connectivity index (χ2v) is 3.98. The minimum Gasteiger partial charge on any atom is -0.279 e. The Balaban J connectivity index is 2.24. The van der Waals surface area contributed by atoms with Crippen LogP contribution >= 0.6 is 11.3 Å². The molecular formula is C13H7FOS. The van der Waals surface area contributed by atoms with Gasteiger partial charge in [0.1, 0.15) is 5.82 Å². The number of rotatable bonds is 1. The first kappa shape index (κ1) is 10.6. The molecule has 1 nitrogen and oxygen atoms in total.